The van der Waals surface area contributed by atoms with Crippen molar-refractivity contribution in [2.45, 2.75) is 6.92 Å². The Morgan fingerprint density at radius 1 is 1.31 bits per heavy atom. The molecule has 1 aromatic rings. The van der Waals surface area contributed by atoms with Crippen molar-refractivity contribution in [2.75, 3.05) is 38.3 Å². The lowest BCUT2D eigenvalue weighted by atomic mass is 10.2. The fourth-order valence-electron chi connectivity index (χ4n) is 1.30. The lowest BCUT2D eigenvalue weighted by Gasteiger charge is -2.21. The molecule has 88 valence electrons. The van der Waals surface area contributed by atoms with Crippen molar-refractivity contribution in [3.8, 4) is 0 Å². The SMILES string of the molecule is Cc1ccc(N(C)CC(=O)N(C)C)cc1N. The summed E-state index contributed by atoms with van der Waals surface area (Å²) >= 11 is 0. The highest BCUT2D eigenvalue weighted by molar-refractivity contribution is 5.81. The van der Waals surface area contributed by atoms with Gasteiger partial charge in [0, 0.05) is 32.5 Å². The number of likely N-dealkylation sites (N-methyl/N-ethyl adjacent to an activating group) is 2. The lowest BCUT2D eigenvalue weighted by Crippen LogP contribution is -2.34. The van der Waals surface area contributed by atoms with Gasteiger partial charge in [0.15, 0.2) is 0 Å². The van der Waals surface area contributed by atoms with Crippen LogP contribution in [0.2, 0.25) is 0 Å². The van der Waals surface area contributed by atoms with Gasteiger partial charge in [0.2, 0.25) is 5.91 Å². The monoisotopic (exact) mass is 221 g/mol. The number of hydrogen-bond donors (Lipinski definition) is 1. The Hall–Kier alpha value is -1.71. The van der Waals surface area contributed by atoms with Crippen molar-refractivity contribution in [3.63, 3.8) is 0 Å². The normalized spacial score (nSPS) is 10.0. The molecule has 0 fully saturated rings. The third-order valence-corrected chi connectivity index (χ3v) is 2.57. The van der Waals surface area contributed by atoms with E-state index in [1.165, 1.54) is 0 Å². The van der Waals surface area contributed by atoms with E-state index in [9.17, 15) is 4.79 Å². The first-order valence-electron chi connectivity index (χ1n) is 5.19. The largest absolute Gasteiger partial charge is 0.398 e. The van der Waals surface area contributed by atoms with Crippen LogP contribution in [0.1, 0.15) is 5.56 Å². The van der Waals surface area contributed by atoms with E-state index in [4.69, 9.17) is 5.73 Å². The summed E-state index contributed by atoms with van der Waals surface area (Å²) in [6, 6.07) is 5.81. The highest BCUT2D eigenvalue weighted by atomic mass is 16.2. The Balaban J connectivity index is 2.77. The maximum atomic E-state index is 11.5. The number of nitrogen functional groups attached to an aromatic ring is 1. The molecule has 16 heavy (non-hydrogen) atoms. The molecule has 1 amide bonds. The maximum Gasteiger partial charge on any atom is 0.241 e. The van der Waals surface area contributed by atoms with Gasteiger partial charge in [-0.15, -0.1) is 0 Å². The fraction of sp³-hybridized carbons (Fsp3) is 0.417. The highest BCUT2D eigenvalue weighted by Gasteiger charge is 2.09. The van der Waals surface area contributed by atoms with Crippen LogP contribution in [0, 0.1) is 6.92 Å². The van der Waals surface area contributed by atoms with Crippen LogP contribution in [-0.2, 0) is 4.79 Å². The van der Waals surface area contributed by atoms with Crippen LogP contribution in [0.4, 0.5) is 11.4 Å². The molecule has 0 spiro atoms. The summed E-state index contributed by atoms with van der Waals surface area (Å²) in [6.07, 6.45) is 0. The molecule has 0 aromatic heterocycles. The maximum absolute atomic E-state index is 11.5. The van der Waals surface area contributed by atoms with E-state index < -0.39 is 0 Å². The van der Waals surface area contributed by atoms with E-state index in [0.29, 0.717) is 6.54 Å². The predicted octanol–water partition coefficient (Wildman–Crippen LogP) is 1.10. The molecule has 2 N–H and O–H groups in total. The number of benzene rings is 1. The number of nitrogens with two attached hydrogens (primary N) is 1. The fourth-order valence-corrected chi connectivity index (χ4v) is 1.30. The molecular formula is C12H19N3O. The van der Waals surface area contributed by atoms with Gasteiger partial charge in [-0.25, -0.2) is 0 Å². The number of rotatable bonds is 3. The molecular weight excluding hydrogens is 202 g/mol. The van der Waals surface area contributed by atoms with Crippen molar-refractivity contribution >= 4 is 17.3 Å². The second-order valence-corrected chi connectivity index (χ2v) is 4.19. The lowest BCUT2D eigenvalue weighted by molar-refractivity contribution is -0.127. The Labute approximate surface area is 96.6 Å². The van der Waals surface area contributed by atoms with E-state index >= 15 is 0 Å². The molecule has 0 aliphatic heterocycles. The average Bonchev–Trinajstić information content (AvgIpc) is 2.21. The summed E-state index contributed by atoms with van der Waals surface area (Å²) < 4.78 is 0. The van der Waals surface area contributed by atoms with Gasteiger partial charge in [-0.05, 0) is 24.6 Å². The van der Waals surface area contributed by atoms with Crippen molar-refractivity contribution in [2.24, 2.45) is 0 Å². The number of carbonyl (C=O) groups is 1. The van der Waals surface area contributed by atoms with Gasteiger partial charge in [0.25, 0.3) is 0 Å². The number of aryl methyl sites for hydroxylation is 1. The summed E-state index contributed by atoms with van der Waals surface area (Å²) in [5.41, 5.74) is 8.59. The quantitative estimate of drug-likeness (QED) is 0.778. The van der Waals surface area contributed by atoms with Gasteiger partial charge in [0.05, 0.1) is 6.54 Å². The average molecular weight is 221 g/mol. The van der Waals surface area contributed by atoms with Gasteiger partial charge in [-0.1, -0.05) is 6.07 Å². The molecule has 1 rings (SSSR count). The minimum Gasteiger partial charge on any atom is -0.398 e. The molecule has 0 aliphatic carbocycles. The first-order valence-corrected chi connectivity index (χ1v) is 5.19. The van der Waals surface area contributed by atoms with Crippen LogP contribution in [0.15, 0.2) is 18.2 Å². The van der Waals surface area contributed by atoms with Crippen molar-refractivity contribution in [3.05, 3.63) is 23.8 Å². The molecule has 1 aromatic carbocycles. The van der Waals surface area contributed by atoms with Crippen LogP contribution < -0.4 is 10.6 Å². The van der Waals surface area contributed by atoms with Gasteiger partial charge in [-0.2, -0.15) is 0 Å². The van der Waals surface area contributed by atoms with Crippen molar-refractivity contribution in [1.82, 2.24) is 4.90 Å². The highest BCUT2D eigenvalue weighted by Crippen LogP contribution is 2.19. The molecule has 4 nitrogen and oxygen atoms in total. The number of amides is 1. The molecule has 0 saturated carbocycles. The second-order valence-electron chi connectivity index (χ2n) is 4.19. The summed E-state index contributed by atoms with van der Waals surface area (Å²) in [5.74, 6) is 0.0710. The van der Waals surface area contributed by atoms with Crippen LogP contribution >= 0.6 is 0 Å². The van der Waals surface area contributed by atoms with Gasteiger partial charge in [-0.3, -0.25) is 4.79 Å². The zero-order valence-electron chi connectivity index (χ0n) is 10.3. The van der Waals surface area contributed by atoms with E-state index in [0.717, 1.165) is 16.9 Å². The van der Waals surface area contributed by atoms with Crippen LogP contribution in [0.3, 0.4) is 0 Å². The smallest absolute Gasteiger partial charge is 0.241 e. The minimum absolute atomic E-state index is 0.0710. The number of carbonyl (C=O) groups excluding carboxylic acids is 1. The molecule has 0 heterocycles. The van der Waals surface area contributed by atoms with Crippen LogP contribution in [-0.4, -0.2) is 38.5 Å². The summed E-state index contributed by atoms with van der Waals surface area (Å²) in [6.45, 7) is 2.32. The first-order chi connectivity index (χ1) is 7.41. The van der Waals surface area contributed by atoms with Crippen LogP contribution in [0.25, 0.3) is 0 Å². The number of hydrogen-bond acceptors (Lipinski definition) is 3. The topological polar surface area (TPSA) is 49.6 Å². The number of anilines is 2. The Kier molecular flexibility index (Phi) is 3.77. The zero-order chi connectivity index (χ0) is 12.3. The summed E-state index contributed by atoms with van der Waals surface area (Å²) in [4.78, 5) is 15.0. The standard InChI is InChI=1S/C12H19N3O/c1-9-5-6-10(7-11(9)13)15(4)8-12(16)14(2)3/h5-7H,8,13H2,1-4H3. The minimum atomic E-state index is 0.0710. The molecule has 0 saturated heterocycles. The summed E-state index contributed by atoms with van der Waals surface area (Å²) in [5, 5.41) is 0. The Morgan fingerprint density at radius 2 is 1.94 bits per heavy atom. The molecule has 0 radical (unpaired) electrons. The van der Waals surface area contributed by atoms with Crippen molar-refractivity contribution in [1.29, 1.82) is 0 Å². The zero-order valence-corrected chi connectivity index (χ0v) is 10.3. The Bertz CT molecular complexity index is 388. The first kappa shape index (κ1) is 12.4. The van der Waals surface area contributed by atoms with Gasteiger partial charge < -0.3 is 15.5 Å². The second kappa shape index (κ2) is 4.88. The molecule has 0 atom stereocenters. The summed E-state index contributed by atoms with van der Waals surface area (Å²) in [7, 11) is 5.38. The van der Waals surface area contributed by atoms with Gasteiger partial charge >= 0.3 is 0 Å². The molecule has 0 aliphatic rings. The van der Waals surface area contributed by atoms with Crippen molar-refractivity contribution < 1.29 is 4.79 Å². The Morgan fingerprint density at radius 3 is 2.44 bits per heavy atom. The van der Waals surface area contributed by atoms with E-state index in [-0.39, 0.29) is 5.91 Å². The molecule has 0 bridgehead atoms. The van der Waals surface area contributed by atoms with E-state index in [2.05, 4.69) is 0 Å². The number of nitrogens with zero attached hydrogens (tertiary/aromatic N) is 2. The van der Waals surface area contributed by atoms with E-state index in [1.807, 2.05) is 37.1 Å². The molecule has 4 heteroatoms. The van der Waals surface area contributed by atoms with E-state index in [1.54, 1.807) is 19.0 Å². The van der Waals surface area contributed by atoms with Crippen LogP contribution in [0.5, 0.6) is 0 Å². The van der Waals surface area contributed by atoms with Gasteiger partial charge in [0.1, 0.15) is 0 Å². The third kappa shape index (κ3) is 2.89. The third-order valence-electron chi connectivity index (χ3n) is 2.57. The molecule has 0 unspecified atom stereocenters. The predicted molar refractivity (Wildman–Crippen MR) is 67.6 cm³/mol.